The van der Waals surface area contributed by atoms with E-state index < -0.39 is 29.2 Å². The average molecular weight is 532 g/mol. The monoisotopic (exact) mass is 531 g/mol. The number of anilines is 1. The van der Waals surface area contributed by atoms with Crippen molar-refractivity contribution in [2.75, 3.05) is 11.4 Å². The molecular weight excluding hydrogens is 499 g/mol. The molecular formula is C28H32F3N3O4. The van der Waals surface area contributed by atoms with E-state index in [4.69, 9.17) is 9.26 Å². The fraction of sp³-hybridized carbons (Fsp3) is 0.464. The topological polar surface area (TPSA) is 88.7 Å². The molecule has 3 aromatic rings. The summed E-state index contributed by atoms with van der Waals surface area (Å²) in [5.41, 5.74) is 0.286. The van der Waals surface area contributed by atoms with Gasteiger partial charge < -0.3 is 19.3 Å². The molecule has 10 heteroatoms. The minimum Gasteiger partial charge on any atom is -0.479 e. The van der Waals surface area contributed by atoms with Crippen LogP contribution >= 0.6 is 0 Å². The molecule has 2 atom stereocenters. The van der Waals surface area contributed by atoms with Crippen LogP contribution in [0, 0.1) is 5.41 Å². The lowest BCUT2D eigenvalue weighted by Crippen LogP contribution is -2.38. The van der Waals surface area contributed by atoms with Crippen molar-refractivity contribution in [3.05, 3.63) is 53.6 Å². The van der Waals surface area contributed by atoms with E-state index in [0.717, 1.165) is 25.3 Å². The fourth-order valence-electron chi connectivity index (χ4n) is 4.73. The van der Waals surface area contributed by atoms with Crippen LogP contribution in [0.3, 0.4) is 0 Å². The van der Waals surface area contributed by atoms with Gasteiger partial charge in [0.25, 0.3) is 5.89 Å². The van der Waals surface area contributed by atoms with Gasteiger partial charge in [-0.3, -0.25) is 0 Å². The number of nitrogens with zero attached hydrogens (tertiary/aromatic N) is 3. The van der Waals surface area contributed by atoms with Gasteiger partial charge in [0.2, 0.25) is 5.82 Å². The van der Waals surface area contributed by atoms with Crippen molar-refractivity contribution in [3.8, 4) is 22.8 Å². The van der Waals surface area contributed by atoms with Crippen LogP contribution in [0.1, 0.15) is 58.1 Å². The largest absolute Gasteiger partial charge is 0.479 e. The van der Waals surface area contributed by atoms with Crippen LogP contribution in [-0.2, 0) is 22.3 Å². The Morgan fingerprint density at radius 1 is 1.16 bits per heavy atom. The van der Waals surface area contributed by atoms with Crippen molar-refractivity contribution in [2.45, 2.75) is 71.9 Å². The number of aromatic nitrogens is 2. The zero-order valence-electron chi connectivity index (χ0n) is 21.9. The quantitative estimate of drug-likeness (QED) is 0.358. The lowest BCUT2D eigenvalue weighted by molar-refractivity contribution is -0.159. The fourth-order valence-corrected chi connectivity index (χ4v) is 4.73. The number of halogens is 3. The smallest absolute Gasteiger partial charge is 0.418 e. The number of hydrogen-bond acceptors (Lipinski definition) is 6. The predicted octanol–water partition coefficient (Wildman–Crippen LogP) is 6.82. The van der Waals surface area contributed by atoms with Gasteiger partial charge in [-0.15, -0.1) is 0 Å². The Kier molecular flexibility index (Phi) is 7.83. The average Bonchev–Trinajstić information content (AvgIpc) is 3.33. The number of alkyl halides is 3. The molecule has 0 aliphatic carbocycles. The standard InChI is InChI=1S/C28H32F3N3O4/c1-17-8-5-6-13-34(17)22-12-11-20(15-21(22)28(29,30)31)25-32-24(33-38-25)19-10-7-9-18(14-19)16-37-23(26(35)36)27(2,3)4/h7,9-12,14-15,17,23H,5-6,8,13,16H2,1-4H3,(H,35,36). The molecule has 1 fully saturated rings. The van der Waals surface area contributed by atoms with Gasteiger partial charge in [-0.2, -0.15) is 18.2 Å². The van der Waals surface area contributed by atoms with Gasteiger partial charge in [0.05, 0.1) is 12.2 Å². The van der Waals surface area contributed by atoms with Gasteiger partial charge in [-0.1, -0.05) is 44.1 Å². The second kappa shape index (κ2) is 10.8. The third kappa shape index (κ3) is 6.18. The lowest BCUT2D eigenvalue weighted by atomic mass is 9.89. The number of carboxylic acids is 1. The van der Waals surface area contributed by atoms with E-state index in [2.05, 4.69) is 10.1 Å². The lowest BCUT2D eigenvalue weighted by Gasteiger charge is -2.37. The van der Waals surface area contributed by atoms with Crippen molar-refractivity contribution in [1.29, 1.82) is 0 Å². The summed E-state index contributed by atoms with van der Waals surface area (Å²) < 4.78 is 53.2. The summed E-state index contributed by atoms with van der Waals surface area (Å²) in [5, 5.41) is 13.4. The zero-order chi connectivity index (χ0) is 27.7. The normalized spacial score (nSPS) is 17.4. The van der Waals surface area contributed by atoms with Gasteiger partial charge in [-0.25, -0.2) is 4.79 Å². The summed E-state index contributed by atoms with van der Waals surface area (Å²) in [6.07, 6.45) is -2.83. The number of carbonyl (C=O) groups is 1. The van der Waals surface area contributed by atoms with Crippen LogP contribution in [-0.4, -0.2) is 39.9 Å². The Morgan fingerprint density at radius 2 is 1.92 bits per heavy atom. The van der Waals surface area contributed by atoms with E-state index in [1.807, 2.05) is 11.8 Å². The second-order valence-corrected chi connectivity index (χ2v) is 10.8. The van der Waals surface area contributed by atoms with Gasteiger partial charge in [0.15, 0.2) is 6.10 Å². The Bertz CT molecular complexity index is 1280. The summed E-state index contributed by atoms with van der Waals surface area (Å²) in [4.78, 5) is 17.7. The first-order valence-electron chi connectivity index (χ1n) is 12.6. The van der Waals surface area contributed by atoms with E-state index >= 15 is 0 Å². The van der Waals surface area contributed by atoms with Crippen LogP contribution in [0.25, 0.3) is 22.8 Å². The highest BCUT2D eigenvalue weighted by atomic mass is 19.4. The van der Waals surface area contributed by atoms with E-state index in [1.165, 1.54) is 6.07 Å². The van der Waals surface area contributed by atoms with Crippen LogP contribution in [0.2, 0.25) is 0 Å². The Labute approximate surface area is 219 Å². The Morgan fingerprint density at radius 3 is 2.58 bits per heavy atom. The molecule has 0 amide bonds. The number of rotatable bonds is 7. The number of hydrogen-bond donors (Lipinski definition) is 1. The first-order chi connectivity index (χ1) is 17.8. The molecule has 2 heterocycles. The van der Waals surface area contributed by atoms with Gasteiger partial charge in [0, 0.05) is 29.4 Å². The Balaban J connectivity index is 1.58. The summed E-state index contributed by atoms with van der Waals surface area (Å²) in [6.45, 7) is 7.93. The first-order valence-corrected chi connectivity index (χ1v) is 12.6. The highest BCUT2D eigenvalue weighted by molar-refractivity contribution is 5.73. The third-order valence-electron chi connectivity index (χ3n) is 6.70. The molecule has 2 aromatic carbocycles. The van der Waals surface area contributed by atoms with Gasteiger partial charge in [-0.05, 0) is 61.4 Å². The molecule has 2 unspecified atom stereocenters. The maximum atomic E-state index is 14.1. The molecule has 0 bridgehead atoms. The highest BCUT2D eigenvalue weighted by Gasteiger charge is 2.37. The molecule has 0 radical (unpaired) electrons. The number of benzene rings is 2. The minimum absolute atomic E-state index is 0.0240. The van der Waals surface area contributed by atoms with Crippen LogP contribution in [0.15, 0.2) is 47.0 Å². The van der Waals surface area contributed by atoms with E-state index in [-0.39, 0.29) is 35.6 Å². The van der Waals surface area contributed by atoms with Crippen molar-refractivity contribution in [2.24, 2.45) is 5.41 Å². The number of carboxylic acid groups (broad SMARTS) is 1. The van der Waals surface area contributed by atoms with Crippen LogP contribution in [0.5, 0.6) is 0 Å². The second-order valence-electron chi connectivity index (χ2n) is 10.8. The zero-order valence-corrected chi connectivity index (χ0v) is 21.9. The van der Waals surface area contributed by atoms with E-state index in [0.29, 0.717) is 17.7 Å². The molecule has 0 spiro atoms. The van der Waals surface area contributed by atoms with Crippen molar-refractivity contribution < 1.29 is 32.3 Å². The van der Waals surface area contributed by atoms with Crippen LogP contribution in [0.4, 0.5) is 18.9 Å². The molecule has 204 valence electrons. The first kappa shape index (κ1) is 27.6. The maximum absolute atomic E-state index is 14.1. The summed E-state index contributed by atoms with van der Waals surface area (Å²) in [5.74, 6) is -0.866. The van der Waals surface area contributed by atoms with Crippen LogP contribution < -0.4 is 4.90 Å². The van der Waals surface area contributed by atoms with E-state index in [1.54, 1.807) is 51.1 Å². The molecule has 38 heavy (non-hydrogen) atoms. The predicted molar refractivity (Wildman–Crippen MR) is 136 cm³/mol. The molecule has 7 nitrogen and oxygen atoms in total. The third-order valence-corrected chi connectivity index (χ3v) is 6.70. The molecule has 0 saturated carbocycles. The molecule has 1 aliphatic rings. The number of aliphatic carboxylic acids is 1. The van der Waals surface area contributed by atoms with E-state index in [9.17, 15) is 23.1 Å². The van der Waals surface area contributed by atoms with Crippen molar-refractivity contribution in [3.63, 3.8) is 0 Å². The van der Waals surface area contributed by atoms with Gasteiger partial charge in [0.1, 0.15) is 0 Å². The summed E-state index contributed by atoms with van der Waals surface area (Å²) >= 11 is 0. The molecule has 1 saturated heterocycles. The summed E-state index contributed by atoms with van der Waals surface area (Å²) in [6, 6.07) is 11.1. The molecule has 1 N–H and O–H groups in total. The number of ether oxygens (including phenoxy) is 1. The molecule has 4 rings (SSSR count). The maximum Gasteiger partial charge on any atom is 0.418 e. The summed E-state index contributed by atoms with van der Waals surface area (Å²) in [7, 11) is 0. The van der Waals surface area contributed by atoms with Crippen molar-refractivity contribution in [1.82, 2.24) is 10.1 Å². The van der Waals surface area contributed by atoms with Crippen molar-refractivity contribution >= 4 is 11.7 Å². The SMILES string of the molecule is CC1CCCCN1c1ccc(-c2nc(-c3cccc(COC(C(=O)O)C(C)(C)C)c3)no2)cc1C(F)(F)F. The molecule has 1 aromatic heterocycles. The molecule has 1 aliphatic heterocycles. The Hall–Kier alpha value is -3.40. The van der Waals surface area contributed by atoms with Gasteiger partial charge >= 0.3 is 12.1 Å². The highest BCUT2D eigenvalue weighted by Crippen LogP contribution is 2.41. The minimum atomic E-state index is -4.54. The number of piperidine rings is 1.